The van der Waals surface area contributed by atoms with Crippen molar-refractivity contribution >= 4 is 30.1 Å². The predicted octanol–water partition coefficient (Wildman–Crippen LogP) is 2.88. The van der Waals surface area contributed by atoms with Crippen LogP contribution < -0.4 is 0 Å². The monoisotopic (exact) mass is 250 g/mol. The van der Waals surface area contributed by atoms with Gasteiger partial charge in [-0.1, -0.05) is 0 Å². The zero-order chi connectivity index (χ0) is 6.91. The van der Waals surface area contributed by atoms with Gasteiger partial charge >= 0.3 is 66.1 Å². The van der Waals surface area contributed by atoms with Crippen LogP contribution in [0.2, 0.25) is 14.8 Å². The molecular formula is C7H14SSn. The SMILES string of the molecule is [CH3][Sn]([CH3])([CH3])[C]1=CCCS1. The molecule has 1 rings (SSSR count). The second kappa shape index (κ2) is 2.87. The standard InChI is InChI=1S/C4H5S.3CH3.Sn/c1-2-4-5-3-1;;;;/h1H,2,4H2;3*1H3;. The van der Waals surface area contributed by atoms with Crippen LogP contribution in [0.5, 0.6) is 0 Å². The van der Waals surface area contributed by atoms with Crippen LogP contribution >= 0.6 is 11.8 Å². The van der Waals surface area contributed by atoms with Crippen molar-refractivity contribution in [3.05, 3.63) is 9.00 Å². The number of hydrogen-bond acceptors (Lipinski definition) is 1. The number of rotatable bonds is 1. The maximum absolute atomic E-state index is 2.48. The predicted molar refractivity (Wildman–Crippen MR) is 48.5 cm³/mol. The van der Waals surface area contributed by atoms with E-state index < -0.39 is 18.4 Å². The molecule has 2 heteroatoms. The first kappa shape index (κ1) is 7.99. The molecule has 0 spiro atoms. The maximum atomic E-state index is 2.48. The summed E-state index contributed by atoms with van der Waals surface area (Å²) in [6.07, 6.45) is 3.79. The Morgan fingerprint density at radius 2 is 2.11 bits per heavy atom. The third-order valence-electron chi connectivity index (χ3n) is 1.44. The van der Waals surface area contributed by atoms with Crippen molar-refractivity contribution < 1.29 is 0 Å². The zero-order valence-corrected chi connectivity index (χ0v) is 10.1. The van der Waals surface area contributed by atoms with Crippen LogP contribution in [0.4, 0.5) is 0 Å². The molecule has 9 heavy (non-hydrogen) atoms. The minimum atomic E-state index is -1.57. The molecule has 0 fully saturated rings. The van der Waals surface area contributed by atoms with Crippen molar-refractivity contribution in [2.24, 2.45) is 0 Å². The fourth-order valence-electron chi connectivity index (χ4n) is 0.941. The third-order valence-corrected chi connectivity index (χ3v) is 12.5. The van der Waals surface area contributed by atoms with Gasteiger partial charge in [-0.2, -0.15) is 0 Å². The van der Waals surface area contributed by atoms with E-state index in [0.29, 0.717) is 0 Å². The first-order valence-electron chi connectivity index (χ1n) is 3.44. The molecule has 0 saturated carbocycles. The summed E-state index contributed by atoms with van der Waals surface area (Å²) in [5.74, 6) is 1.35. The molecule has 0 aromatic rings. The van der Waals surface area contributed by atoms with E-state index in [-0.39, 0.29) is 0 Å². The normalized spacial score (nSPS) is 20.1. The summed E-state index contributed by atoms with van der Waals surface area (Å²) in [5, 5.41) is 0. The van der Waals surface area contributed by atoms with E-state index in [1.165, 1.54) is 12.2 Å². The second-order valence-corrected chi connectivity index (χ2v) is 20.0. The van der Waals surface area contributed by atoms with Crippen LogP contribution in [0.15, 0.2) is 9.00 Å². The van der Waals surface area contributed by atoms with E-state index in [9.17, 15) is 0 Å². The van der Waals surface area contributed by atoms with Crippen molar-refractivity contribution in [2.75, 3.05) is 5.75 Å². The number of thioether (sulfide) groups is 1. The van der Waals surface area contributed by atoms with E-state index in [0.717, 1.165) is 0 Å². The van der Waals surface area contributed by atoms with E-state index >= 15 is 0 Å². The van der Waals surface area contributed by atoms with Crippen molar-refractivity contribution in [1.82, 2.24) is 0 Å². The topological polar surface area (TPSA) is 0 Å². The van der Waals surface area contributed by atoms with Gasteiger partial charge in [-0.05, 0) is 0 Å². The van der Waals surface area contributed by atoms with E-state index in [4.69, 9.17) is 0 Å². The average molecular weight is 249 g/mol. The summed E-state index contributed by atoms with van der Waals surface area (Å²) >= 11 is 0.536. The van der Waals surface area contributed by atoms with Crippen LogP contribution in [0.1, 0.15) is 6.42 Å². The van der Waals surface area contributed by atoms with Crippen molar-refractivity contribution in [2.45, 2.75) is 21.2 Å². The Hall–Kier alpha value is 0.889. The molecule has 52 valence electrons. The van der Waals surface area contributed by atoms with E-state index in [1.54, 1.807) is 2.92 Å². The Bertz CT molecular complexity index is 132. The van der Waals surface area contributed by atoms with Crippen LogP contribution in [0.3, 0.4) is 0 Å². The Kier molecular flexibility index (Phi) is 2.55. The molecule has 0 aromatic heterocycles. The molecule has 0 bridgehead atoms. The number of hydrogen-bond donors (Lipinski definition) is 0. The summed E-state index contributed by atoms with van der Waals surface area (Å²) in [6, 6.07) is 0. The molecule has 0 N–H and O–H groups in total. The first-order valence-corrected chi connectivity index (χ1v) is 14.4. The van der Waals surface area contributed by atoms with E-state index in [2.05, 4.69) is 32.7 Å². The molecule has 1 heterocycles. The van der Waals surface area contributed by atoms with Crippen molar-refractivity contribution in [1.29, 1.82) is 0 Å². The van der Waals surface area contributed by atoms with Gasteiger partial charge in [-0.3, -0.25) is 0 Å². The van der Waals surface area contributed by atoms with Gasteiger partial charge in [0, 0.05) is 0 Å². The Morgan fingerprint density at radius 1 is 1.44 bits per heavy atom. The van der Waals surface area contributed by atoms with Crippen LogP contribution in [-0.2, 0) is 0 Å². The molecule has 0 saturated heterocycles. The Balaban J connectivity index is 2.61. The molecule has 0 aliphatic carbocycles. The number of allylic oxidation sites excluding steroid dienone is 1. The fourth-order valence-corrected chi connectivity index (χ4v) is 8.81. The summed E-state index contributed by atoms with van der Waals surface area (Å²) in [5.41, 5.74) is 0. The van der Waals surface area contributed by atoms with E-state index in [1.807, 2.05) is 0 Å². The van der Waals surface area contributed by atoms with Gasteiger partial charge in [0.1, 0.15) is 0 Å². The van der Waals surface area contributed by atoms with Gasteiger partial charge in [0.15, 0.2) is 0 Å². The van der Waals surface area contributed by atoms with Crippen LogP contribution in [0, 0.1) is 0 Å². The Labute approximate surface area is 66.0 Å². The van der Waals surface area contributed by atoms with Gasteiger partial charge in [0.05, 0.1) is 0 Å². The molecule has 0 unspecified atom stereocenters. The average Bonchev–Trinajstić information content (AvgIpc) is 2.08. The van der Waals surface area contributed by atoms with Gasteiger partial charge in [-0.15, -0.1) is 0 Å². The molecule has 0 atom stereocenters. The van der Waals surface area contributed by atoms with Crippen LogP contribution in [-0.4, -0.2) is 24.1 Å². The van der Waals surface area contributed by atoms with Gasteiger partial charge in [0.2, 0.25) is 0 Å². The molecule has 0 nitrogen and oxygen atoms in total. The third kappa shape index (κ3) is 2.19. The van der Waals surface area contributed by atoms with Gasteiger partial charge in [0.25, 0.3) is 0 Å². The summed E-state index contributed by atoms with van der Waals surface area (Å²) in [7, 11) is 0. The first-order chi connectivity index (χ1) is 4.11. The van der Waals surface area contributed by atoms with Gasteiger partial charge in [-0.25, -0.2) is 0 Å². The molecule has 0 aromatic carbocycles. The minimum absolute atomic E-state index is 1.33. The molecule has 0 amide bonds. The van der Waals surface area contributed by atoms with Crippen LogP contribution in [0.25, 0.3) is 0 Å². The summed E-state index contributed by atoms with van der Waals surface area (Å²) < 4.78 is 1.78. The second-order valence-electron chi connectivity index (χ2n) is 3.46. The molecular weight excluding hydrogens is 235 g/mol. The zero-order valence-electron chi connectivity index (χ0n) is 6.40. The Morgan fingerprint density at radius 3 is 2.33 bits per heavy atom. The fraction of sp³-hybridized carbons (Fsp3) is 0.714. The molecule has 0 radical (unpaired) electrons. The summed E-state index contributed by atoms with van der Waals surface area (Å²) in [6.45, 7) is 0. The van der Waals surface area contributed by atoms with Gasteiger partial charge < -0.3 is 0 Å². The van der Waals surface area contributed by atoms with Crippen molar-refractivity contribution in [3.8, 4) is 0 Å². The molecule has 1 aliphatic heterocycles. The molecule has 1 aliphatic rings. The van der Waals surface area contributed by atoms with Crippen molar-refractivity contribution in [3.63, 3.8) is 0 Å². The summed E-state index contributed by atoms with van der Waals surface area (Å²) in [4.78, 5) is 7.45. The quantitative estimate of drug-likeness (QED) is 0.644.